The van der Waals surface area contributed by atoms with Crippen molar-refractivity contribution in [3.05, 3.63) is 17.9 Å². The van der Waals surface area contributed by atoms with Crippen LogP contribution in [0.2, 0.25) is 0 Å². The topological polar surface area (TPSA) is 48.1 Å². The summed E-state index contributed by atoms with van der Waals surface area (Å²) in [5, 5.41) is 0.287. The maximum atomic E-state index is 13.3. The molecular weight excluding hydrogens is 234 g/mol. The highest BCUT2D eigenvalue weighted by Gasteiger charge is 2.11. The second kappa shape index (κ2) is 4.61. The number of anilines is 1. The Kier molecular flexibility index (Phi) is 3.19. The largest absolute Gasteiger partial charge is 0.492 e. The van der Waals surface area contributed by atoms with Crippen molar-refractivity contribution in [2.45, 2.75) is 6.42 Å². The van der Waals surface area contributed by atoms with Crippen molar-refractivity contribution in [2.75, 3.05) is 19.0 Å². The lowest BCUT2D eigenvalue weighted by Gasteiger charge is -2.05. The number of alkyl halides is 1. The normalized spacial score (nSPS) is 10.9. The van der Waals surface area contributed by atoms with Crippen molar-refractivity contribution >= 4 is 26.7 Å². The predicted octanol–water partition coefficient (Wildman–Crippen LogP) is 2.76. The van der Waals surface area contributed by atoms with Gasteiger partial charge in [-0.3, -0.25) is 4.39 Å². The summed E-state index contributed by atoms with van der Waals surface area (Å²) in [6, 6.07) is 2.78. The maximum Gasteiger partial charge on any atom is 0.181 e. The van der Waals surface area contributed by atoms with Crippen LogP contribution in [-0.2, 0) is 0 Å². The Morgan fingerprint density at radius 1 is 1.44 bits per heavy atom. The first-order valence-corrected chi connectivity index (χ1v) is 5.57. The van der Waals surface area contributed by atoms with Crippen LogP contribution in [0.4, 0.5) is 13.9 Å². The number of ether oxygens (including phenoxy) is 1. The number of nitrogens with zero attached hydrogens (tertiary/aromatic N) is 1. The predicted molar refractivity (Wildman–Crippen MR) is 60.1 cm³/mol. The Morgan fingerprint density at radius 2 is 2.25 bits per heavy atom. The highest BCUT2D eigenvalue weighted by molar-refractivity contribution is 7.22. The summed E-state index contributed by atoms with van der Waals surface area (Å²) in [4.78, 5) is 3.87. The highest BCUT2D eigenvalue weighted by atomic mass is 32.1. The van der Waals surface area contributed by atoms with E-state index in [1.54, 1.807) is 0 Å². The average Bonchev–Trinajstić information content (AvgIpc) is 2.65. The van der Waals surface area contributed by atoms with Crippen LogP contribution >= 0.6 is 11.3 Å². The highest BCUT2D eigenvalue weighted by Crippen LogP contribution is 2.34. The molecular formula is C10H10F2N2OS. The quantitative estimate of drug-likeness (QED) is 0.841. The molecule has 0 aliphatic rings. The number of nitrogen functional groups attached to an aromatic ring is 1. The van der Waals surface area contributed by atoms with Gasteiger partial charge in [0.05, 0.1) is 13.3 Å². The van der Waals surface area contributed by atoms with Crippen LogP contribution in [0, 0.1) is 5.82 Å². The molecule has 0 atom stereocenters. The average molecular weight is 244 g/mol. The maximum absolute atomic E-state index is 13.3. The van der Waals surface area contributed by atoms with Crippen molar-refractivity contribution in [1.82, 2.24) is 4.98 Å². The van der Waals surface area contributed by atoms with E-state index in [0.717, 1.165) is 11.3 Å². The summed E-state index contributed by atoms with van der Waals surface area (Å²) in [6.07, 6.45) is 0.313. The summed E-state index contributed by atoms with van der Waals surface area (Å²) in [7, 11) is 0. The Morgan fingerprint density at radius 3 is 3.00 bits per heavy atom. The monoisotopic (exact) mass is 244 g/mol. The minimum absolute atomic E-state index is 0.209. The molecule has 1 aromatic heterocycles. The second-order valence-electron chi connectivity index (χ2n) is 3.17. The lowest BCUT2D eigenvalue weighted by molar-refractivity contribution is 0.293. The first-order chi connectivity index (χ1) is 7.72. The molecule has 0 saturated heterocycles. The van der Waals surface area contributed by atoms with E-state index in [9.17, 15) is 8.78 Å². The molecule has 16 heavy (non-hydrogen) atoms. The van der Waals surface area contributed by atoms with Gasteiger partial charge in [-0.15, -0.1) is 0 Å². The fraction of sp³-hybridized carbons (Fsp3) is 0.300. The van der Waals surface area contributed by atoms with Gasteiger partial charge in [-0.1, -0.05) is 11.3 Å². The molecule has 1 heterocycles. The number of benzene rings is 1. The van der Waals surface area contributed by atoms with E-state index in [1.165, 1.54) is 12.1 Å². The minimum atomic E-state index is -0.435. The van der Waals surface area contributed by atoms with Gasteiger partial charge in [0.25, 0.3) is 0 Å². The van der Waals surface area contributed by atoms with Crippen LogP contribution < -0.4 is 10.5 Å². The Balaban J connectivity index is 2.34. The van der Waals surface area contributed by atoms with Crippen LogP contribution in [0.3, 0.4) is 0 Å². The molecule has 0 bridgehead atoms. The summed E-state index contributed by atoms with van der Waals surface area (Å²) in [6.45, 7) is -0.176. The van der Waals surface area contributed by atoms with Crippen LogP contribution in [-0.4, -0.2) is 18.3 Å². The molecule has 3 nitrogen and oxygen atoms in total. The smallest absolute Gasteiger partial charge is 0.181 e. The van der Waals surface area contributed by atoms with E-state index in [0.29, 0.717) is 16.9 Å². The third kappa shape index (κ3) is 2.06. The minimum Gasteiger partial charge on any atom is -0.492 e. The summed E-state index contributed by atoms with van der Waals surface area (Å²) in [5.41, 5.74) is 5.72. The summed E-state index contributed by atoms with van der Waals surface area (Å²) in [5.74, 6) is 0.0693. The van der Waals surface area contributed by atoms with E-state index in [2.05, 4.69) is 4.98 Å². The molecule has 1 aromatic carbocycles. The second-order valence-corrected chi connectivity index (χ2v) is 4.20. The van der Waals surface area contributed by atoms with Crippen LogP contribution in [0.1, 0.15) is 6.42 Å². The molecule has 0 unspecified atom stereocenters. The molecule has 0 fully saturated rings. The first kappa shape index (κ1) is 11.1. The fourth-order valence-electron chi connectivity index (χ4n) is 1.32. The summed E-state index contributed by atoms with van der Waals surface area (Å²) < 4.78 is 31.2. The van der Waals surface area contributed by atoms with Crippen molar-refractivity contribution in [3.8, 4) is 5.75 Å². The van der Waals surface area contributed by atoms with Crippen molar-refractivity contribution in [3.63, 3.8) is 0 Å². The van der Waals surface area contributed by atoms with Gasteiger partial charge in [-0.25, -0.2) is 9.37 Å². The zero-order valence-electron chi connectivity index (χ0n) is 8.37. The van der Waals surface area contributed by atoms with Gasteiger partial charge in [-0.2, -0.15) is 0 Å². The van der Waals surface area contributed by atoms with Crippen molar-refractivity contribution in [2.24, 2.45) is 0 Å². The summed E-state index contributed by atoms with van der Waals surface area (Å²) >= 11 is 1.16. The molecule has 0 aliphatic heterocycles. The van der Waals surface area contributed by atoms with E-state index < -0.39 is 12.5 Å². The van der Waals surface area contributed by atoms with Gasteiger partial charge in [0, 0.05) is 6.42 Å². The van der Waals surface area contributed by atoms with Gasteiger partial charge < -0.3 is 10.5 Å². The van der Waals surface area contributed by atoms with Crippen LogP contribution in [0.5, 0.6) is 5.75 Å². The molecule has 0 aliphatic carbocycles. The Hall–Kier alpha value is -1.43. The zero-order chi connectivity index (χ0) is 11.5. The lowest BCUT2D eigenvalue weighted by Crippen LogP contribution is -1.98. The van der Waals surface area contributed by atoms with E-state index in [1.807, 2.05) is 0 Å². The van der Waals surface area contributed by atoms with Gasteiger partial charge in [0.1, 0.15) is 16.0 Å². The standard InChI is InChI=1S/C10H10F2N2OS/c11-4-1-5-15-7-3-2-6(12)8-9(7)16-10(13)14-8/h2-3H,1,4-5H2,(H2,13,14). The number of hydrogen-bond acceptors (Lipinski definition) is 4. The van der Waals surface area contributed by atoms with E-state index in [-0.39, 0.29) is 17.3 Å². The van der Waals surface area contributed by atoms with Crippen molar-refractivity contribution in [1.29, 1.82) is 0 Å². The van der Waals surface area contributed by atoms with Gasteiger partial charge in [-0.05, 0) is 12.1 Å². The first-order valence-electron chi connectivity index (χ1n) is 4.75. The molecule has 86 valence electrons. The van der Waals surface area contributed by atoms with E-state index >= 15 is 0 Å². The molecule has 0 radical (unpaired) electrons. The Bertz CT molecular complexity index is 501. The van der Waals surface area contributed by atoms with Gasteiger partial charge in [0.15, 0.2) is 10.9 Å². The van der Waals surface area contributed by atoms with Gasteiger partial charge in [0.2, 0.25) is 0 Å². The number of aromatic nitrogens is 1. The third-order valence-electron chi connectivity index (χ3n) is 2.01. The third-order valence-corrected chi connectivity index (χ3v) is 2.91. The number of hydrogen-bond donors (Lipinski definition) is 1. The SMILES string of the molecule is Nc1nc2c(F)ccc(OCCCF)c2s1. The fourth-order valence-corrected chi connectivity index (χ4v) is 2.13. The molecule has 6 heteroatoms. The molecule has 0 spiro atoms. The van der Waals surface area contributed by atoms with Crippen LogP contribution in [0.25, 0.3) is 10.2 Å². The molecule has 0 amide bonds. The zero-order valence-corrected chi connectivity index (χ0v) is 9.19. The number of nitrogens with two attached hydrogens (primary N) is 1. The molecule has 2 aromatic rings. The van der Waals surface area contributed by atoms with Crippen molar-refractivity contribution < 1.29 is 13.5 Å². The number of rotatable bonds is 4. The number of thiazole rings is 1. The van der Waals surface area contributed by atoms with E-state index in [4.69, 9.17) is 10.5 Å². The van der Waals surface area contributed by atoms with Crippen LogP contribution in [0.15, 0.2) is 12.1 Å². The Labute approximate surface area is 94.9 Å². The number of fused-ring (bicyclic) bond motifs is 1. The molecule has 0 saturated carbocycles. The number of halogens is 2. The lowest BCUT2D eigenvalue weighted by atomic mass is 10.3. The molecule has 2 rings (SSSR count). The molecule has 2 N–H and O–H groups in total. The van der Waals surface area contributed by atoms with Gasteiger partial charge >= 0.3 is 0 Å².